The highest BCUT2D eigenvalue weighted by Crippen LogP contribution is 2.53. The zero-order valence-corrected chi connectivity index (χ0v) is 8.32. The average molecular weight is 219 g/mol. The fourth-order valence-corrected chi connectivity index (χ4v) is 1.72. The molecule has 70 valence electrons. The molecule has 0 aromatic carbocycles. The van der Waals surface area contributed by atoms with E-state index in [2.05, 4.69) is 11.4 Å². The van der Waals surface area contributed by atoms with Crippen molar-refractivity contribution in [2.75, 3.05) is 0 Å². The summed E-state index contributed by atoms with van der Waals surface area (Å²) in [6.45, 7) is 0. The van der Waals surface area contributed by atoms with E-state index in [1.807, 2.05) is 0 Å². The second-order valence-electron chi connectivity index (χ2n) is 3.70. The molecule has 2 rings (SSSR count). The maximum atomic E-state index is 11.4. The van der Waals surface area contributed by atoms with Gasteiger partial charge in [0, 0.05) is 0 Å². The summed E-state index contributed by atoms with van der Waals surface area (Å²) < 4.78 is -0.893. The van der Waals surface area contributed by atoms with Gasteiger partial charge in [0.05, 0.1) is 12.0 Å². The SMILES string of the molecule is N#CC1(NC(=O)C2CC2(Cl)Cl)CC1. The van der Waals surface area contributed by atoms with Gasteiger partial charge in [0.2, 0.25) is 5.91 Å². The topological polar surface area (TPSA) is 52.9 Å². The summed E-state index contributed by atoms with van der Waals surface area (Å²) >= 11 is 11.4. The third-order valence-corrected chi connectivity index (χ3v) is 3.30. The minimum absolute atomic E-state index is 0.191. The lowest BCUT2D eigenvalue weighted by molar-refractivity contribution is -0.122. The van der Waals surface area contributed by atoms with Crippen LogP contribution in [0.15, 0.2) is 0 Å². The molecule has 0 aliphatic heterocycles. The first-order valence-corrected chi connectivity index (χ1v) is 4.86. The van der Waals surface area contributed by atoms with Gasteiger partial charge >= 0.3 is 0 Å². The molecule has 0 bridgehead atoms. The van der Waals surface area contributed by atoms with Gasteiger partial charge in [0.1, 0.15) is 9.87 Å². The van der Waals surface area contributed by atoms with Crippen LogP contribution < -0.4 is 5.32 Å². The summed E-state index contributed by atoms with van der Waals surface area (Å²) in [5.74, 6) is -0.522. The van der Waals surface area contributed by atoms with Gasteiger partial charge in [0.25, 0.3) is 0 Å². The van der Waals surface area contributed by atoms with Gasteiger partial charge in [-0.1, -0.05) is 0 Å². The highest BCUT2D eigenvalue weighted by Gasteiger charge is 2.58. The number of hydrogen-bond donors (Lipinski definition) is 1. The van der Waals surface area contributed by atoms with Crippen LogP contribution in [0.3, 0.4) is 0 Å². The fraction of sp³-hybridized carbons (Fsp3) is 0.750. The Labute approximate surface area is 86.0 Å². The van der Waals surface area contributed by atoms with Crippen molar-refractivity contribution in [2.24, 2.45) is 5.92 Å². The van der Waals surface area contributed by atoms with Gasteiger partial charge in [-0.2, -0.15) is 5.26 Å². The molecule has 3 nitrogen and oxygen atoms in total. The molecule has 0 aromatic heterocycles. The molecular formula is C8H8Cl2N2O. The second kappa shape index (κ2) is 2.52. The van der Waals surface area contributed by atoms with E-state index in [9.17, 15) is 4.79 Å². The molecule has 1 unspecified atom stereocenters. The van der Waals surface area contributed by atoms with Crippen molar-refractivity contribution in [3.8, 4) is 6.07 Å². The number of halogens is 2. The maximum Gasteiger partial charge on any atom is 0.227 e. The number of carbonyl (C=O) groups excluding carboxylic acids is 1. The van der Waals surface area contributed by atoms with Crippen LogP contribution in [0.2, 0.25) is 0 Å². The minimum Gasteiger partial charge on any atom is -0.337 e. The summed E-state index contributed by atoms with van der Waals surface area (Å²) in [5, 5.41) is 11.4. The Morgan fingerprint density at radius 1 is 1.54 bits per heavy atom. The van der Waals surface area contributed by atoms with Crippen molar-refractivity contribution in [3.05, 3.63) is 0 Å². The zero-order chi connectivity index (χ0) is 9.69. The molecule has 0 saturated heterocycles. The Balaban J connectivity index is 1.91. The molecule has 0 radical (unpaired) electrons. The second-order valence-corrected chi connectivity index (χ2v) is 5.24. The molecule has 2 aliphatic rings. The van der Waals surface area contributed by atoms with E-state index < -0.39 is 9.87 Å². The number of carbonyl (C=O) groups is 1. The predicted octanol–water partition coefficient (Wildman–Crippen LogP) is 1.35. The van der Waals surface area contributed by atoms with E-state index >= 15 is 0 Å². The molecule has 13 heavy (non-hydrogen) atoms. The third kappa shape index (κ3) is 1.61. The van der Waals surface area contributed by atoms with E-state index in [0.29, 0.717) is 6.42 Å². The number of alkyl halides is 2. The highest BCUT2D eigenvalue weighted by molar-refractivity contribution is 6.52. The van der Waals surface area contributed by atoms with Crippen molar-refractivity contribution in [2.45, 2.75) is 29.1 Å². The summed E-state index contributed by atoms with van der Waals surface area (Å²) in [7, 11) is 0. The van der Waals surface area contributed by atoms with Crippen LogP contribution in [-0.2, 0) is 4.79 Å². The first-order chi connectivity index (χ1) is 5.99. The summed E-state index contributed by atoms with van der Waals surface area (Å²) in [5.41, 5.74) is -0.608. The Morgan fingerprint density at radius 2 is 2.08 bits per heavy atom. The number of hydrogen-bond acceptors (Lipinski definition) is 2. The maximum absolute atomic E-state index is 11.4. The van der Waals surface area contributed by atoms with Crippen molar-refractivity contribution in [1.29, 1.82) is 5.26 Å². The first kappa shape index (κ1) is 9.11. The molecular weight excluding hydrogens is 211 g/mol. The lowest BCUT2D eigenvalue weighted by Crippen LogP contribution is -2.37. The standard InChI is InChI=1S/C8H8Cl2N2O/c9-8(10)3-5(8)6(13)12-7(4-11)1-2-7/h5H,1-3H2,(H,12,13). The normalized spacial score (nSPS) is 31.6. The number of nitrogens with one attached hydrogen (secondary N) is 1. The molecule has 2 saturated carbocycles. The van der Waals surface area contributed by atoms with Crippen molar-refractivity contribution in [1.82, 2.24) is 5.32 Å². The van der Waals surface area contributed by atoms with Gasteiger partial charge in [-0.25, -0.2) is 0 Å². The molecule has 2 aliphatic carbocycles. The van der Waals surface area contributed by atoms with Gasteiger partial charge in [-0.05, 0) is 19.3 Å². The van der Waals surface area contributed by atoms with Crippen LogP contribution in [0.25, 0.3) is 0 Å². The Bertz CT molecular complexity index is 304. The van der Waals surface area contributed by atoms with E-state index in [1.54, 1.807) is 0 Å². The van der Waals surface area contributed by atoms with Crippen LogP contribution in [0.1, 0.15) is 19.3 Å². The molecule has 0 aromatic rings. The van der Waals surface area contributed by atoms with E-state index in [1.165, 1.54) is 0 Å². The smallest absolute Gasteiger partial charge is 0.227 e. The van der Waals surface area contributed by atoms with E-state index in [0.717, 1.165) is 12.8 Å². The Kier molecular flexibility index (Phi) is 1.77. The summed E-state index contributed by atoms with van der Waals surface area (Å²) in [6.07, 6.45) is 1.96. The number of amides is 1. The van der Waals surface area contributed by atoms with Crippen LogP contribution in [0.4, 0.5) is 0 Å². The van der Waals surface area contributed by atoms with Crippen molar-refractivity contribution >= 4 is 29.1 Å². The summed E-state index contributed by atoms with van der Waals surface area (Å²) in [4.78, 5) is 11.4. The first-order valence-electron chi connectivity index (χ1n) is 4.10. The highest BCUT2D eigenvalue weighted by atomic mass is 35.5. The average Bonchev–Trinajstić information content (AvgIpc) is 2.90. The fourth-order valence-electron chi connectivity index (χ4n) is 1.21. The third-order valence-electron chi connectivity index (χ3n) is 2.47. The molecule has 1 atom stereocenters. The van der Waals surface area contributed by atoms with Crippen LogP contribution in [0, 0.1) is 17.2 Å². The van der Waals surface area contributed by atoms with Crippen LogP contribution in [0.5, 0.6) is 0 Å². The summed E-state index contributed by atoms with van der Waals surface area (Å²) in [6, 6.07) is 2.08. The Morgan fingerprint density at radius 3 is 2.38 bits per heavy atom. The largest absolute Gasteiger partial charge is 0.337 e. The van der Waals surface area contributed by atoms with Gasteiger partial charge in [-0.3, -0.25) is 4.79 Å². The molecule has 5 heteroatoms. The molecule has 0 spiro atoms. The van der Waals surface area contributed by atoms with Crippen molar-refractivity contribution in [3.63, 3.8) is 0 Å². The molecule has 2 fully saturated rings. The van der Waals surface area contributed by atoms with Gasteiger partial charge in [0.15, 0.2) is 0 Å². The minimum atomic E-state index is -0.893. The monoisotopic (exact) mass is 218 g/mol. The number of nitriles is 1. The van der Waals surface area contributed by atoms with Gasteiger partial charge in [-0.15, -0.1) is 23.2 Å². The zero-order valence-electron chi connectivity index (χ0n) is 6.81. The molecule has 1 N–H and O–H groups in total. The van der Waals surface area contributed by atoms with Gasteiger partial charge < -0.3 is 5.32 Å². The lowest BCUT2D eigenvalue weighted by Gasteiger charge is -2.08. The van der Waals surface area contributed by atoms with E-state index in [4.69, 9.17) is 28.5 Å². The van der Waals surface area contributed by atoms with E-state index in [-0.39, 0.29) is 11.8 Å². The lowest BCUT2D eigenvalue weighted by atomic mass is 10.3. The number of nitrogens with zero attached hydrogens (tertiary/aromatic N) is 1. The van der Waals surface area contributed by atoms with Crippen molar-refractivity contribution < 1.29 is 4.79 Å². The molecule has 0 heterocycles. The Hall–Kier alpha value is -0.460. The quantitative estimate of drug-likeness (QED) is 0.712. The number of rotatable bonds is 2. The predicted molar refractivity (Wildman–Crippen MR) is 48.3 cm³/mol. The van der Waals surface area contributed by atoms with Crippen LogP contribution >= 0.6 is 23.2 Å². The van der Waals surface area contributed by atoms with Crippen LogP contribution in [-0.4, -0.2) is 15.8 Å². The molecule has 1 amide bonds.